The molecule has 0 saturated heterocycles. The molecule has 0 aliphatic rings. The molecule has 5 heteroatoms. The molecular formula is C14H14FN3O. The molecule has 0 radical (unpaired) electrons. The topological polar surface area (TPSA) is 72.0 Å². The molecule has 1 aromatic carbocycles. The van der Waals surface area contributed by atoms with Gasteiger partial charge in [-0.2, -0.15) is 0 Å². The first-order valence-corrected chi connectivity index (χ1v) is 5.73. The van der Waals surface area contributed by atoms with Crippen molar-refractivity contribution in [3.8, 4) is 5.75 Å². The van der Waals surface area contributed by atoms with E-state index in [4.69, 9.17) is 15.9 Å². The van der Waals surface area contributed by atoms with Gasteiger partial charge in [-0.3, -0.25) is 10.4 Å². The maximum Gasteiger partial charge on any atom is 0.165 e. The predicted molar refractivity (Wildman–Crippen MR) is 70.7 cm³/mol. The van der Waals surface area contributed by atoms with Crippen LogP contribution in [0.1, 0.15) is 16.7 Å². The summed E-state index contributed by atoms with van der Waals surface area (Å²) in [7, 11) is 0. The third kappa shape index (κ3) is 3.28. The number of halogens is 1. The van der Waals surface area contributed by atoms with Gasteiger partial charge in [-0.05, 0) is 36.8 Å². The average Bonchev–Trinajstić information content (AvgIpc) is 2.37. The molecule has 0 aliphatic carbocycles. The Balaban J connectivity index is 2.10. The van der Waals surface area contributed by atoms with Crippen molar-refractivity contribution in [1.82, 2.24) is 4.98 Å². The summed E-state index contributed by atoms with van der Waals surface area (Å²) in [6.07, 6.45) is 3.42. The van der Waals surface area contributed by atoms with Crippen LogP contribution in [0.5, 0.6) is 5.75 Å². The molecule has 3 N–H and O–H groups in total. The highest BCUT2D eigenvalue weighted by Crippen LogP contribution is 2.19. The highest BCUT2D eigenvalue weighted by molar-refractivity contribution is 5.95. The van der Waals surface area contributed by atoms with Crippen molar-refractivity contribution in [3.63, 3.8) is 0 Å². The number of aromatic nitrogens is 1. The summed E-state index contributed by atoms with van der Waals surface area (Å²) < 4.78 is 19.1. The first kappa shape index (κ1) is 13.0. The average molecular weight is 259 g/mol. The minimum Gasteiger partial charge on any atom is -0.486 e. The Morgan fingerprint density at radius 1 is 1.37 bits per heavy atom. The molecule has 2 rings (SSSR count). The number of pyridine rings is 1. The van der Waals surface area contributed by atoms with Gasteiger partial charge in [-0.25, -0.2) is 4.39 Å². The van der Waals surface area contributed by atoms with E-state index in [0.717, 1.165) is 11.1 Å². The van der Waals surface area contributed by atoms with Gasteiger partial charge in [0.25, 0.3) is 0 Å². The van der Waals surface area contributed by atoms with Crippen molar-refractivity contribution in [3.05, 3.63) is 59.2 Å². The van der Waals surface area contributed by atoms with Crippen LogP contribution in [-0.2, 0) is 6.61 Å². The van der Waals surface area contributed by atoms with E-state index in [1.807, 2.05) is 13.0 Å². The normalized spacial score (nSPS) is 10.2. The Morgan fingerprint density at radius 3 is 2.79 bits per heavy atom. The van der Waals surface area contributed by atoms with Gasteiger partial charge in [0.2, 0.25) is 0 Å². The van der Waals surface area contributed by atoms with Gasteiger partial charge in [-0.15, -0.1) is 0 Å². The number of rotatable bonds is 4. The number of nitrogens with zero attached hydrogens (tertiary/aromatic N) is 1. The number of aryl methyl sites for hydroxylation is 1. The second-order valence-electron chi connectivity index (χ2n) is 4.22. The fraction of sp³-hybridized carbons (Fsp3) is 0.143. The Labute approximate surface area is 110 Å². The molecule has 19 heavy (non-hydrogen) atoms. The first-order chi connectivity index (χ1) is 9.06. The molecule has 0 amide bonds. The minimum atomic E-state index is -0.534. The molecule has 98 valence electrons. The van der Waals surface area contributed by atoms with Gasteiger partial charge >= 0.3 is 0 Å². The van der Waals surface area contributed by atoms with Crippen LogP contribution < -0.4 is 10.5 Å². The monoisotopic (exact) mass is 259 g/mol. The summed E-state index contributed by atoms with van der Waals surface area (Å²) in [5.41, 5.74) is 7.51. The second-order valence-corrected chi connectivity index (χ2v) is 4.22. The number of hydrogen-bond acceptors (Lipinski definition) is 3. The van der Waals surface area contributed by atoms with E-state index >= 15 is 0 Å². The molecule has 0 unspecified atom stereocenters. The van der Waals surface area contributed by atoms with E-state index in [9.17, 15) is 4.39 Å². The van der Waals surface area contributed by atoms with Crippen LogP contribution in [0.15, 0.2) is 36.7 Å². The zero-order chi connectivity index (χ0) is 13.8. The number of hydrogen-bond donors (Lipinski definition) is 2. The van der Waals surface area contributed by atoms with Crippen molar-refractivity contribution in [2.45, 2.75) is 13.5 Å². The summed E-state index contributed by atoms with van der Waals surface area (Å²) in [5, 5.41) is 7.22. The molecule has 0 fully saturated rings. The summed E-state index contributed by atoms with van der Waals surface area (Å²) in [6, 6.07) is 6.13. The molecule has 0 aliphatic heterocycles. The number of nitrogen functional groups attached to an aromatic ring is 1. The zero-order valence-electron chi connectivity index (χ0n) is 10.5. The van der Waals surface area contributed by atoms with Gasteiger partial charge in [0.05, 0.1) is 0 Å². The summed E-state index contributed by atoms with van der Waals surface area (Å²) in [5.74, 6) is -0.576. The highest BCUT2D eigenvalue weighted by atomic mass is 19.1. The largest absolute Gasteiger partial charge is 0.486 e. The van der Waals surface area contributed by atoms with Gasteiger partial charge in [-0.1, -0.05) is 0 Å². The number of nitrogens with two attached hydrogens (primary N) is 1. The highest BCUT2D eigenvalue weighted by Gasteiger charge is 2.06. The maximum atomic E-state index is 13.7. The Kier molecular flexibility index (Phi) is 3.75. The first-order valence-electron chi connectivity index (χ1n) is 5.73. The Bertz CT molecular complexity index is 613. The third-order valence-corrected chi connectivity index (χ3v) is 2.57. The van der Waals surface area contributed by atoms with Crippen LogP contribution in [0.4, 0.5) is 4.39 Å². The smallest absolute Gasteiger partial charge is 0.165 e. The molecule has 2 aromatic rings. The van der Waals surface area contributed by atoms with Crippen molar-refractivity contribution in [1.29, 1.82) is 5.41 Å². The van der Waals surface area contributed by atoms with Gasteiger partial charge < -0.3 is 10.5 Å². The van der Waals surface area contributed by atoms with Gasteiger partial charge in [0, 0.05) is 23.5 Å². The van der Waals surface area contributed by atoms with Crippen molar-refractivity contribution in [2.75, 3.05) is 0 Å². The predicted octanol–water partition coefficient (Wildman–Crippen LogP) is 2.39. The number of amidine groups is 1. The molecule has 0 bridgehead atoms. The van der Waals surface area contributed by atoms with Crippen molar-refractivity contribution in [2.24, 2.45) is 5.73 Å². The zero-order valence-corrected chi connectivity index (χ0v) is 10.5. The molecule has 0 atom stereocenters. The molecule has 1 heterocycles. The van der Waals surface area contributed by atoms with Crippen molar-refractivity contribution >= 4 is 5.84 Å². The lowest BCUT2D eigenvalue weighted by molar-refractivity contribution is 0.290. The molecule has 4 nitrogen and oxygen atoms in total. The Hall–Kier alpha value is -2.43. The minimum absolute atomic E-state index is 0.131. The lowest BCUT2D eigenvalue weighted by Crippen LogP contribution is -2.11. The number of benzene rings is 1. The van der Waals surface area contributed by atoms with Gasteiger partial charge in [0.1, 0.15) is 12.4 Å². The summed E-state index contributed by atoms with van der Waals surface area (Å²) in [6.45, 7) is 2.17. The van der Waals surface area contributed by atoms with Crippen LogP contribution in [0, 0.1) is 18.2 Å². The van der Waals surface area contributed by atoms with Crippen LogP contribution in [0.2, 0.25) is 0 Å². The van der Waals surface area contributed by atoms with Crippen LogP contribution in [0.3, 0.4) is 0 Å². The van der Waals surface area contributed by atoms with E-state index in [2.05, 4.69) is 4.98 Å². The van der Waals surface area contributed by atoms with E-state index in [1.165, 1.54) is 12.1 Å². The van der Waals surface area contributed by atoms with Crippen molar-refractivity contribution < 1.29 is 9.13 Å². The van der Waals surface area contributed by atoms with Crippen LogP contribution in [-0.4, -0.2) is 10.8 Å². The lowest BCUT2D eigenvalue weighted by Gasteiger charge is -2.08. The lowest BCUT2D eigenvalue weighted by atomic mass is 10.2. The molecule has 0 spiro atoms. The van der Waals surface area contributed by atoms with E-state index in [1.54, 1.807) is 18.5 Å². The summed E-state index contributed by atoms with van der Waals surface area (Å²) >= 11 is 0. The standard InChI is InChI=1S/C14H14FN3O/c1-9-4-10(7-18-6-9)8-19-13-3-2-11(14(16)17)5-12(13)15/h2-7H,8H2,1H3,(H3,16,17). The van der Waals surface area contributed by atoms with Crippen LogP contribution >= 0.6 is 0 Å². The Morgan fingerprint density at radius 2 is 2.16 bits per heavy atom. The quantitative estimate of drug-likeness (QED) is 0.654. The molecular weight excluding hydrogens is 245 g/mol. The maximum absolute atomic E-state index is 13.7. The van der Waals surface area contributed by atoms with Crippen LogP contribution in [0.25, 0.3) is 0 Å². The van der Waals surface area contributed by atoms with E-state index in [0.29, 0.717) is 5.56 Å². The SMILES string of the molecule is Cc1cncc(COc2ccc(C(=N)N)cc2F)c1. The molecule has 0 saturated carbocycles. The van der Waals surface area contributed by atoms with Gasteiger partial charge in [0.15, 0.2) is 11.6 Å². The number of ether oxygens (including phenoxy) is 1. The van der Waals surface area contributed by atoms with E-state index in [-0.39, 0.29) is 18.2 Å². The molecule has 1 aromatic heterocycles. The second kappa shape index (κ2) is 5.48. The third-order valence-electron chi connectivity index (χ3n) is 2.57. The fourth-order valence-electron chi connectivity index (χ4n) is 1.64. The number of nitrogens with one attached hydrogen (secondary N) is 1. The summed E-state index contributed by atoms with van der Waals surface area (Å²) in [4.78, 5) is 4.04. The fourth-order valence-corrected chi connectivity index (χ4v) is 1.64. The van der Waals surface area contributed by atoms with E-state index < -0.39 is 5.82 Å².